The van der Waals surface area contributed by atoms with Crippen molar-refractivity contribution in [2.75, 3.05) is 0 Å². The Bertz CT molecular complexity index is 422. The van der Waals surface area contributed by atoms with Crippen LogP contribution in [0.25, 0.3) is 0 Å². The fourth-order valence-electron chi connectivity index (χ4n) is 6.78. The fourth-order valence-corrected chi connectivity index (χ4v) is 9.70. The van der Waals surface area contributed by atoms with Crippen molar-refractivity contribution in [3.05, 3.63) is 0 Å². The van der Waals surface area contributed by atoms with Crippen molar-refractivity contribution in [3.63, 3.8) is 0 Å². The van der Waals surface area contributed by atoms with Gasteiger partial charge in [0.05, 0.1) is 0 Å². The molecular formula is C25H50OSi. The monoisotopic (exact) mass is 394 g/mol. The molecular weight excluding hydrogens is 344 g/mol. The lowest BCUT2D eigenvalue weighted by Crippen LogP contribution is -2.48. The second kappa shape index (κ2) is 10.3. The van der Waals surface area contributed by atoms with Crippen LogP contribution < -0.4 is 0 Å². The molecule has 0 aromatic rings. The zero-order valence-electron chi connectivity index (χ0n) is 19.8. The van der Waals surface area contributed by atoms with Crippen LogP contribution in [-0.2, 0) is 4.43 Å². The Labute approximate surface area is 172 Å². The van der Waals surface area contributed by atoms with Crippen LogP contribution in [0.15, 0.2) is 0 Å². The first-order chi connectivity index (χ1) is 12.8. The van der Waals surface area contributed by atoms with Crippen molar-refractivity contribution in [1.82, 2.24) is 0 Å². The van der Waals surface area contributed by atoms with Crippen LogP contribution in [0.2, 0.25) is 18.1 Å². The Kier molecular flexibility index (Phi) is 8.93. The molecule has 0 amide bonds. The zero-order chi connectivity index (χ0) is 20.1. The van der Waals surface area contributed by atoms with Gasteiger partial charge in [0.2, 0.25) is 0 Å². The molecule has 0 bridgehead atoms. The summed E-state index contributed by atoms with van der Waals surface area (Å²) in [5, 5.41) is 0. The Hall–Kier alpha value is 0.177. The van der Waals surface area contributed by atoms with E-state index in [-0.39, 0.29) is 0 Å². The SMILES string of the molecule is CC[Si](CC)(CC)O[C@H]1CCCC2(C)C([C@H](C)CCCCC(C)C)CC[C@@H]12. The van der Waals surface area contributed by atoms with Gasteiger partial charge in [-0.2, -0.15) is 0 Å². The number of hydrogen-bond donors (Lipinski definition) is 0. The van der Waals surface area contributed by atoms with Gasteiger partial charge < -0.3 is 4.43 Å². The maximum absolute atomic E-state index is 7.10. The third kappa shape index (κ3) is 5.41. The Morgan fingerprint density at radius 2 is 1.56 bits per heavy atom. The normalized spacial score (nSPS) is 32.7. The van der Waals surface area contributed by atoms with Crippen molar-refractivity contribution < 1.29 is 4.43 Å². The maximum Gasteiger partial charge on any atom is 0.192 e. The molecule has 0 N–H and O–H groups in total. The number of unbranched alkanes of at least 4 members (excludes halogenated alkanes) is 1. The standard InChI is InChI=1S/C25H50OSi/c1-8-27(9-2,10-3)26-24-16-13-19-25(7)22(17-18-23(24)25)21(6)15-12-11-14-20(4)5/h20-24H,8-19H2,1-7H3/t21-,22?,23+,24+,25?/m1/s1. The van der Waals surface area contributed by atoms with E-state index >= 15 is 0 Å². The molecule has 0 saturated heterocycles. The average Bonchev–Trinajstić information content (AvgIpc) is 3.01. The van der Waals surface area contributed by atoms with Gasteiger partial charge in [-0.1, -0.05) is 80.6 Å². The lowest BCUT2D eigenvalue weighted by atomic mass is 9.61. The van der Waals surface area contributed by atoms with Crippen LogP contribution in [0.1, 0.15) is 106 Å². The molecule has 2 heteroatoms. The smallest absolute Gasteiger partial charge is 0.192 e. The van der Waals surface area contributed by atoms with Gasteiger partial charge in [-0.05, 0) is 72.9 Å². The first-order valence-electron chi connectivity index (χ1n) is 12.5. The average molecular weight is 395 g/mol. The second-order valence-corrected chi connectivity index (χ2v) is 15.5. The van der Waals surface area contributed by atoms with Crippen LogP contribution in [0.4, 0.5) is 0 Å². The van der Waals surface area contributed by atoms with E-state index in [1.165, 1.54) is 75.9 Å². The summed E-state index contributed by atoms with van der Waals surface area (Å²) in [7, 11) is -1.48. The van der Waals surface area contributed by atoms with Crippen molar-refractivity contribution in [3.8, 4) is 0 Å². The van der Waals surface area contributed by atoms with Crippen molar-refractivity contribution >= 4 is 8.32 Å². The van der Waals surface area contributed by atoms with Gasteiger partial charge in [0.15, 0.2) is 8.32 Å². The van der Waals surface area contributed by atoms with E-state index in [4.69, 9.17) is 4.43 Å². The van der Waals surface area contributed by atoms with E-state index in [1.807, 2.05) is 0 Å². The summed E-state index contributed by atoms with van der Waals surface area (Å²) >= 11 is 0. The highest BCUT2D eigenvalue weighted by molar-refractivity contribution is 6.73. The molecule has 0 heterocycles. The fraction of sp³-hybridized carbons (Fsp3) is 1.00. The lowest BCUT2D eigenvalue weighted by molar-refractivity contribution is -0.0203. The quantitative estimate of drug-likeness (QED) is 0.252. The summed E-state index contributed by atoms with van der Waals surface area (Å²) in [6, 6.07) is 3.90. The highest BCUT2D eigenvalue weighted by atomic mass is 28.4. The number of hydrogen-bond acceptors (Lipinski definition) is 1. The summed E-state index contributed by atoms with van der Waals surface area (Å²) in [5.41, 5.74) is 0.551. The molecule has 0 spiro atoms. The highest BCUT2D eigenvalue weighted by Crippen LogP contribution is 2.59. The first kappa shape index (κ1) is 23.5. The lowest BCUT2D eigenvalue weighted by Gasteiger charge is -2.49. The molecule has 2 fully saturated rings. The van der Waals surface area contributed by atoms with Crippen LogP contribution in [0.5, 0.6) is 0 Å². The molecule has 27 heavy (non-hydrogen) atoms. The molecule has 1 nitrogen and oxygen atoms in total. The number of fused-ring (bicyclic) bond motifs is 1. The number of rotatable bonds is 11. The molecule has 2 aliphatic carbocycles. The third-order valence-electron chi connectivity index (χ3n) is 8.85. The zero-order valence-corrected chi connectivity index (χ0v) is 20.8. The molecule has 0 aliphatic heterocycles. The molecule has 0 radical (unpaired) electrons. The largest absolute Gasteiger partial charge is 0.414 e. The summed E-state index contributed by atoms with van der Waals surface area (Å²) in [6.07, 6.45) is 13.4. The van der Waals surface area contributed by atoms with Gasteiger partial charge in [-0.25, -0.2) is 0 Å². The van der Waals surface area contributed by atoms with Gasteiger partial charge in [0.25, 0.3) is 0 Å². The van der Waals surface area contributed by atoms with E-state index in [0.29, 0.717) is 11.5 Å². The van der Waals surface area contributed by atoms with E-state index in [9.17, 15) is 0 Å². The Morgan fingerprint density at radius 1 is 0.926 bits per heavy atom. The Morgan fingerprint density at radius 3 is 2.15 bits per heavy atom. The summed E-state index contributed by atoms with van der Waals surface area (Å²) in [6.45, 7) is 17.1. The molecule has 0 aromatic carbocycles. The van der Waals surface area contributed by atoms with E-state index < -0.39 is 8.32 Å². The predicted octanol–water partition coefficient (Wildman–Crippen LogP) is 8.45. The molecule has 5 atom stereocenters. The van der Waals surface area contributed by atoms with Crippen LogP contribution in [0, 0.1) is 29.1 Å². The van der Waals surface area contributed by atoms with Crippen LogP contribution in [0.3, 0.4) is 0 Å². The van der Waals surface area contributed by atoms with Crippen molar-refractivity contribution in [2.24, 2.45) is 29.1 Å². The predicted molar refractivity (Wildman–Crippen MR) is 123 cm³/mol. The minimum absolute atomic E-state index is 0.551. The molecule has 0 aromatic heterocycles. The molecule has 2 unspecified atom stereocenters. The van der Waals surface area contributed by atoms with E-state index in [0.717, 1.165) is 23.7 Å². The van der Waals surface area contributed by atoms with Gasteiger partial charge in [-0.3, -0.25) is 0 Å². The first-order valence-corrected chi connectivity index (χ1v) is 15.0. The molecule has 2 rings (SSSR count). The molecule has 2 saturated carbocycles. The molecule has 2 aliphatic rings. The van der Waals surface area contributed by atoms with Crippen LogP contribution in [-0.4, -0.2) is 14.4 Å². The van der Waals surface area contributed by atoms with Crippen LogP contribution >= 0.6 is 0 Å². The summed E-state index contributed by atoms with van der Waals surface area (Å²) in [4.78, 5) is 0. The topological polar surface area (TPSA) is 9.23 Å². The maximum atomic E-state index is 7.10. The minimum Gasteiger partial charge on any atom is -0.414 e. The van der Waals surface area contributed by atoms with Gasteiger partial charge >= 0.3 is 0 Å². The van der Waals surface area contributed by atoms with Crippen molar-refractivity contribution in [2.45, 2.75) is 130 Å². The highest BCUT2D eigenvalue weighted by Gasteiger charge is 2.53. The van der Waals surface area contributed by atoms with E-state index in [2.05, 4.69) is 48.5 Å². The van der Waals surface area contributed by atoms with Crippen molar-refractivity contribution in [1.29, 1.82) is 0 Å². The summed E-state index contributed by atoms with van der Waals surface area (Å²) < 4.78 is 7.10. The van der Waals surface area contributed by atoms with E-state index in [1.54, 1.807) is 0 Å². The van der Waals surface area contributed by atoms with Gasteiger partial charge in [0.1, 0.15) is 0 Å². The Balaban J connectivity index is 2.00. The molecule has 160 valence electrons. The summed E-state index contributed by atoms with van der Waals surface area (Å²) in [5.74, 6) is 3.54. The third-order valence-corrected chi connectivity index (χ3v) is 13.5. The second-order valence-electron chi connectivity index (χ2n) is 10.7. The minimum atomic E-state index is -1.48. The van der Waals surface area contributed by atoms with Gasteiger partial charge in [-0.15, -0.1) is 0 Å². The van der Waals surface area contributed by atoms with Gasteiger partial charge in [0, 0.05) is 6.10 Å².